The third-order valence-corrected chi connectivity index (χ3v) is 4.66. The van der Waals surface area contributed by atoms with Crippen molar-refractivity contribution in [2.75, 3.05) is 33.0 Å². The zero-order valence-corrected chi connectivity index (χ0v) is 12.8. The second kappa shape index (κ2) is 5.52. The highest BCUT2D eigenvalue weighted by atomic mass is 79.9. The van der Waals surface area contributed by atoms with Gasteiger partial charge in [-0.1, -0.05) is 22.0 Å². The van der Waals surface area contributed by atoms with Crippen LogP contribution in [0.5, 0.6) is 0 Å². The van der Waals surface area contributed by atoms with Crippen LogP contribution < -0.4 is 5.32 Å². The fourth-order valence-corrected chi connectivity index (χ4v) is 3.48. The van der Waals surface area contributed by atoms with Gasteiger partial charge in [0.15, 0.2) is 0 Å². The van der Waals surface area contributed by atoms with E-state index in [1.54, 1.807) is 0 Å². The lowest BCUT2D eigenvalue weighted by Crippen LogP contribution is -2.54. The summed E-state index contributed by atoms with van der Waals surface area (Å²) in [6.45, 7) is 6.43. The van der Waals surface area contributed by atoms with Gasteiger partial charge in [0.2, 0.25) is 0 Å². The SMILES string of the molecule is Cc1ccc(Br)cc1C1(CC2COCCN2)COC1. The molecule has 4 heteroatoms. The minimum Gasteiger partial charge on any atom is -0.379 e. The lowest BCUT2D eigenvalue weighted by atomic mass is 9.72. The molecule has 3 nitrogen and oxygen atoms in total. The van der Waals surface area contributed by atoms with Crippen molar-refractivity contribution in [1.29, 1.82) is 0 Å². The molecule has 2 aliphatic heterocycles. The Balaban J connectivity index is 1.83. The number of aryl methyl sites for hydroxylation is 1. The van der Waals surface area contributed by atoms with Crippen LogP contribution in [0.3, 0.4) is 0 Å². The number of hydrogen-bond donors (Lipinski definition) is 1. The number of rotatable bonds is 3. The highest BCUT2D eigenvalue weighted by molar-refractivity contribution is 9.10. The van der Waals surface area contributed by atoms with Crippen molar-refractivity contribution >= 4 is 15.9 Å². The Morgan fingerprint density at radius 2 is 2.21 bits per heavy atom. The summed E-state index contributed by atoms with van der Waals surface area (Å²) in [5.74, 6) is 0. The van der Waals surface area contributed by atoms with Crippen LogP contribution in [0.2, 0.25) is 0 Å². The quantitative estimate of drug-likeness (QED) is 0.925. The first kappa shape index (κ1) is 13.6. The van der Waals surface area contributed by atoms with Crippen molar-refractivity contribution in [1.82, 2.24) is 5.32 Å². The Labute approximate surface area is 122 Å². The van der Waals surface area contributed by atoms with E-state index in [1.165, 1.54) is 11.1 Å². The molecule has 0 saturated carbocycles. The summed E-state index contributed by atoms with van der Waals surface area (Å²) in [5.41, 5.74) is 2.93. The van der Waals surface area contributed by atoms with Crippen molar-refractivity contribution in [3.05, 3.63) is 33.8 Å². The number of hydrogen-bond acceptors (Lipinski definition) is 3. The molecule has 0 aromatic heterocycles. The minimum atomic E-state index is 0.159. The maximum atomic E-state index is 5.57. The van der Waals surface area contributed by atoms with Crippen LogP contribution in [0.15, 0.2) is 22.7 Å². The summed E-state index contributed by atoms with van der Waals surface area (Å²) in [4.78, 5) is 0. The van der Waals surface area contributed by atoms with E-state index in [4.69, 9.17) is 9.47 Å². The molecule has 0 amide bonds. The van der Waals surface area contributed by atoms with Crippen molar-refractivity contribution in [3.8, 4) is 0 Å². The van der Waals surface area contributed by atoms with Crippen LogP contribution in [0.4, 0.5) is 0 Å². The first-order chi connectivity index (χ1) is 9.20. The molecule has 2 saturated heterocycles. The average Bonchev–Trinajstić information content (AvgIpc) is 2.38. The Bertz CT molecular complexity index is 453. The molecule has 0 aliphatic carbocycles. The predicted molar refractivity (Wildman–Crippen MR) is 78.6 cm³/mol. The van der Waals surface area contributed by atoms with E-state index < -0.39 is 0 Å². The summed E-state index contributed by atoms with van der Waals surface area (Å²) in [6.07, 6.45) is 1.09. The van der Waals surface area contributed by atoms with Gasteiger partial charge in [-0.05, 0) is 36.6 Å². The van der Waals surface area contributed by atoms with Gasteiger partial charge in [-0.25, -0.2) is 0 Å². The molecule has 2 heterocycles. The normalized spacial score (nSPS) is 25.9. The van der Waals surface area contributed by atoms with Gasteiger partial charge in [-0.3, -0.25) is 0 Å². The zero-order valence-electron chi connectivity index (χ0n) is 11.2. The van der Waals surface area contributed by atoms with Crippen molar-refractivity contribution < 1.29 is 9.47 Å². The summed E-state index contributed by atoms with van der Waals surface area (Å²) < 4.78 is 12.3. The molecular formula is C15H20BrNO2. The molecule has 1 N–H and O–H groups in total. The first-order valence-electron chi connectivity index (χ1n) is 6.85. The van der Waals surface area contributed by atoms with Crippen molar-refractivity contribution in [3.63, 3.8) is 0 Å². The molecule has 1 aromatic carbocycles. The van der Waals surface area contributed by atoms with E-state index in [1.807, 2.05) is 0 Å². The van der Waals surface area contributed by atoms with Gasteiger partial charge in [0.25, 0.3) is 0 Å². The molecule has 0 radical (unpaired) electrons. The first-order valence-corrected chi connectivity index (χ1v) is 7.64. The number of benzene rings is 1. The lowest BCUT2D eigenvalue weighted by Gasteiger charge is -2.45. The molecular weight excluding hydrogens is 306 g/mol. The molecule has 19 heavy (non-hydrogen) atoms. The Morgan fingerprint density at radius 3 is 2.84 bits per heavy atom. The van der Waals surface area contributed by atoms with Gasteiger partial charge in [0.1, 0.15) is 0 Å². The third-order valence-electron chi connectivity index (χ3n) is 4.16. The van der Waals surface area contributed by atoms with E-state index >= 15 is 0 Å². The van der Waals surface area contributed by atoms with E-state index in [9.17, 15) is 0 Å². The smallest absolute Gasteiger partial charge is 0.0620 e. The van der Waals surface area contributed by atoms with Gasteiger partial charge in [-0.2, -0.15) is 0 Å². The predicted octanol–water partition coefficient (Wildman–Crippen LogP) is 2.40. The van der Waals surface area contributed by atoms with E-state index in [0.29, 0.717) is 6.04 Å². The van der Waals surface area contributed by atoms with Crippen molar-refractivity contribution in [2.45, 2.75) is 24.8 Å². The molecule has 3 rings (SSSR count). The molecule has 0 bridgehead atoms. The fraction of sp³-hybridized carbons (Fsp3) is 0.600. The summed E-state index contributed by atoms with van der Waals surface area (Å²) in [7, 11) is 0. The van der Waals surface area contributed by atoms with Crippen LogP contribution in [0.1, 0.15) is 17.5 Å². The topological polar surface area (TPSA) is 30.5 Å². The second-order valence-corrected chi connectivity index (χ2v) is 6.58. The standard InChI is InChI=1S/C15H20BrNO2/c1-11-2-3-12(16)6-14(11)15(9-19-10-15)7-13-8-18-5-4-17-13/h2-3,6,13,17H,4-5,7-10H2,1H3. The third kappa shape index (κ3) is 2.72. The molecule has 2 aliphatic rings. The van der Waals surface area contributed by atoms with Crippen LogP contribution in [0, 0.1) is 6.92 Å². The second-order valence-electron chi connectivity index (χ2n) is 5.66. The molecule has 0 spiro atoms. The molecule has 2 fully saturated rings. The number of ether oxygens (including phenoxy) is 2. The van der Waals surface area contributed by atoms with Crippen LogP contribution in [-0.4, -0.2) is 39.0 Å². The largest absolute Gasteiger partial charge is 0.379 e. The van der Waals surface area contributed by atoms with E-state index in [2.05, 4.69) is 46.4 Å². The highest BCUT2D eigenvalue weighted by Crippen LogP contribution is 2.39. The lowest BCUT2D eigenvalue weighted by molar-refractivity contribution is -0.0756. The van der Waals surface area contributed by atoms with Crippen molar-refractivity contribution in [2.24, 2.45) is 0 Å². The molecule has 1 aromatic rings. The van der Waals surface area contributed by atoms with E-state index in [0.717, 1.165) is 43.9 Å². The van der Waals surface area contributed by atoms with Gasteiger partial charge in [0.05, 0.1) is 26.4 Å². The van der Waals surface area contributed by atoms with E-state index in [-0.39, 0.29) is 5.41 Å². The van der Waals surface area contributed by atoms with Gasteiger partial charge < -0.3 is 14.8 Å². The fourth-order valence-electron chi connectivity index (χ4n) is 3.12. The summed E-state index contributed by atoms with van der Waals surface area (Å²) in [5, 5.41) is 3.55. The van der Waals surface area contributed by atoms with Crippen LogP contribution >= 0.6 is 15.9 Å². The Morgan fingerprint density at radius 1 is 1.37 bits per heavy atom. The number of morpholine rings is 1. The highest BCUT2D eigenvalue weighted by Gasteiger charge is 2.43. The minimum absolute atomic E-state index is 0.159. The Kier molecular flexibility index (Phi) is 3.94. The summed E-state index contributed by atoms with van der Waals surface area (Å²) in [6, 6.07) is 6.98. The van der Waals surface area contributed by atoms with Crippen LogP contribution in [0.25, 0.3) is 0 Å². The molecule has 1 atom stereocenters. The van der Waals surface area contributed by atoms with Gasteiger partial charge >= 0.3 is 0 Å². The average molecular weight is 326 g/mol. The monoisotopic (exact) mass is 325 g/mol. The Hall–Kier alpha value is -0.420. The zero-order chi connectivity index (χ0) is 13.3. The van der Waals surface area contributed by atoms with Gasteiger partial charge in [-0.15, -0.1) is 0 Å². The van der Waals surface area contributed by atoms with Crippen LogP contribution in [-0.2, 0) is 14.9 Å². The molecule has 1 unspecified atom stereocenters. The maximum absolute atomic E-state index is 5.57. The maximum Gasteiger partial charge on any atom is 0.0620 e. The number of nitrogens with one attached hydrogen (secondary N) is 1. The molecule has 104 valence electrons. The van der Waals surface area contributed by atoms with Gasteiger partial charge in [0, 0.05) is 22.5 Å². The summed E-state index contributed by atoms with van der Waals surface area (Å²) >= 11 is 3.59. The number of halogens is 1.